The second-order valence-electron chi connectivity index (χ2n) is 1.97. The fraction of sp³-hybridized carbons (Fsp3) is 0. The molecule has 1 aromatic rings. The van der Waals surface area contributed by atoms with Gasteiger partial charge in [-0.2, -0.15) is 0 Å². The molecule has 0 spiro atoms. The normalized spacial score (nSPS) is 12.9. The summed E-state index contributed by atoms with van der Waals surface area (Å²) >= 11 is 2.05. The van der Waals surface area contributed by atoms with Crippen LogP contribution in [0.3, 0.4) is 0 Å². The molecule has 0 bridgehead atoms. The Kier molecular flexibility index (Phi) is 2.53. The highest BCUT2D eigenvalue weighted by atomic mass is 32.2. The third-order valence-electron chi connectivity index (χ3n) is 1.20. The van der Waals surface area contributed by atoms with Gasteiger partial charge in [-0.3, -0.25) is 0 Å². The zero-order valence-electron chi connectivity index (χ0n) is 5.52. The summed E-state index contributed by atoms with van der Waals surface area (Å²) in [5.41, 5.74) is 5.85. The maximum absolute atomic E-state index is 10.5. The first-order valence-corrected chi connectivity index (χ1v) is 4.36. The zero-order chi connectivity index (χ0) is 8.43. The van der Waals surface area contributed by atoms with E-state index in [1.54, 1.807) is 6.07 Å². The monoisotopic (exact) mass is 189 g/mol. The Balaban J connectivity index is 3.15. The molecule has 3 nitrogen and oxygen atoms in total. The Labute approximate surface area is 72.3 Å². The molecule has 0 aliphatic rings. The summed E-state index contributed by atoms with van der Waals surface area (Å²) in [5, 5.41) is 0. The fourth-order valence-corrected chi connectivity index (χ4v) is 1.19. The maximum Gasteiger partial charge on any atom is 0.186 e. The lowest BCUT2D eigenvalue weighted by Gasteiger charge is -1.99. The van der Waals surface area contributed by atoms with Crippen molar-refractivity contribution in [2.45, 2.75) is 9.79 Å². The molecule has 0 amide bonds. The smallest absolute Gasteiger partial charge is 0.186 e. The molecular weight excluding hydrogens is 182 g/mol. The fourth-order valence-electron chi connectivity index (χ4n) is 0.641. The van der Waals surface area contributed by atoms with Crippen LogP contribution < -0.4 is 5.73 Å². The highest BCUT2D eigenvalue weighted by Gasteiger charge is 2.01. The molecule has 5 heteroatoms. The van der Waals surface area contributed by atoms with Gasteiger partial charge in [-0.25, -0.2) is 4.21 Å². The van der Waals surface area contributed by atoms with Gasteiger partial charge >= 0.3 is 0 Å². The van der Waals surface area contributed by atoms with E-state index in [0.717, 1.165) is 0 Å². The summed E-state index contributed by atoms with van der Waals surface area (Å²) in [7, 11) is 0. The quantitative estimate of drug-likeness (QED) is 0.352. The number of nitrogen functional groups attached to an aromatic ring is 1. The van der Waals surface area contributed by atoms with Crippen molar-refractivity contribution in [3.05, 3.63) is 18.2 Å². The van der Waals surface area contributed by atoms with E-state index in [9.17, 15) is 4.21 Å². The molecule has 1 atom stereocenters. The summed E-state index contributed by atoms with van der Waals surface area (Å²) in [6.45, 7) is 0. The first kappa shape index (κ1) is 8.58. The molecule has 3 N–H and O–H groups in total. The van der Waals surface area contributed by atoms with E-state index in [2.05, 4.69) is 12.6 Å². The number of thiol groups is 1. The van der Waals surface area contributed by atoms with Gasteiger partial charge in [0.25, 0.3) is 0 Å². The molecule has 0 aliphatic heterocycles. The lowest BCUT2D eigenvalue weighted by atomic mass is 10.3. The van der Waals surface area contributed by atoms with E-state index >= 15 is 0 Å². The first-order valence-electron chi connectivity index (χ1n) is 2.80. The predicted octanol–water partition coefficient (Wildman–Crippen LogP) is 1.14. The van der Waals surface area contributed by atoms with Gasteiger partial charge in [0.05, 0.1) is 4.90 Å². The lowest BCUT2D eigenvalue weighted by Crippen LogP contribution is -1.92. The SMILES string of the molecule is Nc1cc(S(=O)O)ccc1S. The maximum atomic E-state index is 10.5. The van der Waals surface area contributed by atoms with Crippen LogP contribution in [0.5, 0.6) is 0 Å². The molecule has 11 heavy (non-hydrogen) atoms. The zero-order valence-corrected chi connectivity index (χ0v) is 7.23. The van der Waals surface area contributed by atoms with Gasteiger partial charge in [0.15, 0.2) is 11.1 Å². The summed E-state index contributed by atoms with van der Waals surface area (Å²) in [6.07, 6.45) is 0. The Bertz CT molecular complexity index is 301. The molecule has 0 saturated carbocycles. The molecule has 1 unspecified atom stereocenters. The van der Waals surface area contributed by atoms with E-state index in [4.69, 9.17) is 10.3 Å². The van der Waals surface area contributed by atoms with Crippen LogP contribution in [-0.4, -0.2) is 8.76 Å². The van der Waals surface area contributed by atoms with E-state index in [1.165, 1.54) is 12.1 Å². The molecule has 0 saturated heterocycles. The van der Waals surface area contributed by atoms with Crippen LogP contribution in [-0.2, 0) is 11.1 Å². The number of hydrogen-bond acceptors (Lipinski definition) is 3. The Hall–Kier alpha value is -0.520. The molecule has 1 rings (SSSR count). The summed E-state index contributed by atoms with van der Waals surface area (Å²) in [6, 6.07) is 4.52. The van der Waals surface area contributed by atoms with Crippen LogP contribution in [0, 0.1) is 0 Å². The van der Waals surface area contributed by atoms with Crippen molar-refractivity contribution in [1.29, 1.82) is 0 Å². The summed E-state index contributed by atoms with van der Waals surface area (Å²) in [5.74, 6) is 0. The molecule has 0 radical (unpaired) electrons. The van der Waals surface area contributed by atoms with Crippen LogP contribution in [0.1, 0.15) is 0 Å². The van der Waals surface area contributed by atoms with Crippen molar-refractivity contribution >= 4 is 29.4 Å². The third kappa shape index (κ3) is 1.95. The number of rotatable bonds is 1. The average molecular weight is 189 g/mol. The van der Waals surface area contributed by atoms with Crippen molar-refractivity contribution in [2.24, 2.45) is 0 Å². The summed E-state index contributed by atoms with van der Waals surface area (Å²) < 4.78 is 19.1. The topological polar surface area (TPSA) is 63.3 Å². The molecule has 0 fully saturated rings. The number of benzene rings is 1. The Morgan fingerprint density at radius 1 is 1.55 bits per heavy atom. The standard InChI is InChI=1S/C6H7NO2S2/c7-5-3-4(11(8)9)1-2-6(5)10/h1-3,10H,7H2,(H,8,9). The summed E-state index contributed by atoms with van der Waals surface area (Å²) in [4.78, 5) is 0.902. The van der Waals surface area contributed by atoms with Crippen molar-refractivity contribution in [2.75, 3.05) is 5.73 Å². The Morgan fingerprint density at radius 2 is 2.18 bits per heavy atom. The van der Waals surface area contributed by atoms with E-state index in [-0.39, 0.29) is 0 Å². The van der Waals surface area contributed by atoms with Crippen LogP contribution in [0.15, 0.2) is 28.0 Å². The van der Waals surface area contributed by atoms with E-state index in [1.807, 2.05) is 0 Å². The Morgan fingerprint density at radius 3 is 2.64 bits per heavy atom. The first-order chi connectivity index (χ1) is 5.11. The highest BCUT2D eigenvalue weighted by molar-refractivity contribution is 7.80. The molecule has 60 valence electrons. The second kappa shape index (κ2) is 3.25. The molecule has 0 heterocycles. The number of nitrogens with two attached hydrogens (primary N) is 1. The van der Waals surface area contributed by atoms with Gasteiger partial charge in [0.2, 0.25) is 0 Å². The van der Waals surface area contributed by atoms with Crippen LogP contribution >= 0.6 is 12.6 Å². The van der Waals surface area contributed by atoms with Gasteiger partial charge in [-0.05, 0) is 18.2 Å². The van der Waals surface area contributed by atoms with E-state index < -0.39 is 11.1 Å². The van der Waals surface area contributed by atoms with Gasteiger partial charge in [0.1, 0.15) is 0 Å². The lowest BCUT2D eigenvalue weighted by molar-refractivity contribution is 0.564. The van der Waals surface area contributed by atoms with Crippen molar-refractivity contribution in [1.82, 2.24) is 0 Å². The average Bonchev–Trinajstić information content (AvgIpc) is 1.94. The minimum absolute atomic E-state index is 0.292. The molecule has 1 aromatic carbocycles. The molecule has 0 aromatic heterocycles. The van der Waals surface area contributed by atoms with Crippen LogP contribution in [0.4, 0.5) is 5.69 Å². The predicted molar refractivity (Wildman–Crippen MR) is 47.1 cm³/mol. The van der Waals surface area contributed by atoms with Gasteiger partial charge in [0, 0.05) is 10.6 Å². The second-order valence-corrected chi connectivity index (χ2v) is 3.42. The molecule has 0 aliphatic carbocycles. The van der Waals surface area contributed by atoms with Crippen molar-refractivity contribution in [3.63, 3.8) is 0 Å². The van der Waals surface area contributed by atoms with E-state index in [0.29, 0.717) is 15.5 Å². The van der Waals surface area contributed by atoms with Gasteiger partial charge in [-0.1, -0.05) is 0 Å². The van der Waals surface area contributed by atoms with Crippen LogP contribution in [0.2, 0.25) is 0 Å². The largest absolute Gasteiger partial charge is 0.398 e. The van der Waals surface area contributed by atoms with Gasteiger partial charge in [-0.15, -0.1) is 12.6 Å². The minimum atomic E-state index is -1.96. The van der Waals surface area contributed by atoms with Crippen molar-refractivity contribution < 1.29 is 8.76 Å². The third-order valence-corrected chi connectivity index (χ3v) is 2.27. The number of anilines is 1. The van der Waals surface area contributed by atoms with Crippen LogP contribution in [0.25, 0.3) is 0 Å². The highest BCUT2D eigenvalue weighted by Crippen LogP contribution is 2.18. The molecular formula is C6H7NO2S2. The van der Waals surface area contributed by atoms with Gasteiger partial charge < -0.3 is 10.3 Å². The van der Waals surface area contributed by atoms with Crippen molar-refractivity contribution in [3.8, 4) is 0 Å². The minimum Gasteiger partial charge on any atom is -0.398 e. The number of hydrogen-bond donors (Lipinski definition) is 3.